The molecular formula is C23H25NO2. The topological polar surface area (TPSA) is 38.3 Å². The van der Waals surface area contributed by atoms with Gasteiger partial charge in [0.15, 0.2) is 0 Å². The van der Waals surface area contributed by atoms with Crippen molar-refractivity contribution >= 4 is 12.0 Å². The summed E-state index contributed by atoms with van der Waals surface area (Å²) in [5.41, 5.74) is 3.72. The fraction of sp³-hybridized carbons (Fsp3) is 0.435. The minimum atomic E-state index is 0.0163. The molecule has 2 unspecified atom stereocenters. The number of nitrogens with one attached hydrogen (secondary N) is 1. The summed E-state index contributed by atoms with van der Waals surface area (Å²) < 4.78 is 6.49. The summed E-state index contributed by atoms with van der Waals surface area (Å²) in [6.45, 7) is 2.13. The van der Waals surface area contributed by atoms with Gasteiger partial charge in [-0.3, -0.25) is 0 Å². The Morgan fingerprint density at radius 1 is 1.04 bits per heavy atom. The maximum absolute atomic E-state index is 11.9. The third-order valence-electron chi connectivity index (χ3n) is 6.20. The number of carbonyl (C=O) groups excluding carboxylic acids is 1. The van der Waals surface area contributed by atoms with Gasteiger partial charge >= 0.3 is 0 Å². The first-order valence-corrected chi connectivity index (χ1v) is 9.88. The van der Waals surface area contributed by atoms with E-state index < -0.39 is 0 Å². The number of hydrogen-bond donors (Lipinski definition) is 1. The number of ether oxygens (including phenoxy) is 1. The van der Waals surface area contributed by atoms with Crippen molar-refractivity contribution in [2.45, 2.75) is 50.5 Å². The molecule has 26 heavy (non-hydrogen) atoms. The fourth-order valence-electron chi connectivity index (χ4n) is 4.56. The molecule has 2 aromatic carbocycles. The van der Waals surface area contributed by atoms with Crippen LogP contribution in [0.1, 0.15) is 55.6 Å². The number of fused-ring (bicyclic) bond motifs is 1. The number of benzene rings is 2. The molecule has 134 valence electrons. The van der Waals surface area contributed by atoms with E-state index in [0.29, 0.717) is 11.8 Å². The van der Waals surface area contributed by atoms with Crippen molar-refractivity contribution in [3.8, 4) is 11.5 Å². The Bertz CT molecular complexity index is 824. The van der Waals surface area contributed by atoms with Crippen LogP contribution in [-0.2, 0) is 4.79 Å². The van der Waals surface area contributed by atoms with Crippen LogP contribution >= 0.6 is 0 Å². The van der Waals surface area contributed by atoms with Gasteiger partial charge in [0.05, 0.1) is 0 Å². The van der Waals surface area contributed by atoms with Gasteiger partial charge < -0.3 is 14.8 Å². The third kappa shape index (κ3) is 2.70. The lowest BCUT2D eigenvalue weighted by atomic mass is 9.74. The smallest absolute Gasteiger partial charge is 0.136 e. The minimum Gasteiger partial charge on any atom is -0.457 e. The van der Waals surface area contributed by atoms with E-state index >= 15 is 0 Å². The number of anilines is 1. The van der Waals surface area contributed by atoms with Crippen LogP contribution in [0.2, 0.25) is 0 Å². The standard InChI is InChI=1S/C23H25NO2/c1-14-19(13-25)21(16-9-10-16)22-20(24-14)12-11-18(15-7-8-15)23(22)26-17-5-3-2-4-6-17/h2-6,11-16,19,21,24H,7-10H2,1H3/t14-,19?,21?/m0/s1. The van der Waals surface area contributed by atoms with Gasteiger partial charge in [0.1, 0.15) is 17.8 Å². The highest BCUT2D eigenvalue weighted by molar-refractivity contribution is 5.71. The van der Waals surface area contributed by atoms with Gasteiger partial charge in [-0.15, -0.1) is 0 Å². The van der Waals surface area contributed by atoms with Gasteiger partial charge in [0.25, 0.3) is 0 Å². The van der Waals surface area contributed by atoms with E-state index in [1.807, 2.05) is 30.3 Å². The third-order valence-corrected chi connectivity index (χ3v) is 6.20. The average Bonchev–Trinajstić information content (AvgIpc) is 3.55. The van der Waals surface area contributed by atoms with Crippen molar-refractivity contribution in [2.75, 3.05) is 5.32 Å². The van der Waals surface area contributed by atoms with Gasteiger partial charge in [0.2, 0.25) is 0 Å². The molecule has 3 aliphatic rings. The summed E-state index contributed by atoms with van der Waals surface area (Å²) in [4.78, 5) is 11.9. The Morgan fingerprint density at radius 2 is 1.81 bits per heavy atom. The maximum Gasteiger partial charge on any atom is 0.136 e. The fourth-order valence-corrected chi connectivity index (χ4v) is 4.56. The molecule has 5 rings (SSSR count). The Hall–Kier alpha value is -2.29. The molecule has 0 saturated heterocycles. The molecule has 3 heteroatoms. The molecule has 1 heterocycles. The van der Waals surface area contributed by atoms with Gasteiger partial charge in [0, 0.05) is 29.1 Å². The van der Waals surface area contributed by atoms with Crippen LogP contribution in [0.25, 0.3) is 0 Å². The molecule has 2 fully saturated rings. The number of carbonyl (C=O) groups is 1. The summed E-state index contributed by atoms with van der Waals surface area (Å²) >= 11 is 0. The van der Waals surface area contributed by atoms with Crippen molar-refractivity contribution in [2.24, 2.45) is 11.8 Å². The number of rotatable bonds is 5. The first-order valence-electron chi connectivity index (χ1n) is 9.88. The molecule has 3 atom stereocenters. The van der Waals surface area contributed by atoms with Gasteiger partial charge in [-0.05, 0) is 68.2 Å². The van der Waals surface area contributed by atoms with Crippen LogP contribution in [0.4, 0.5) is 5.69 Å². The Balaban J connectivity index is 1.67. The molecule has 3 nitrogen and oxygen atoms in total. The van der Waals surface area contributed by atoms with Gasteiger partial charge in [-0.1, -0.05) is 24.3 Å². The van der Waals surface area contributed by atoms with Crippen molar-refractivity contribution < 1.29 is 9.53 Å². The lowest BCUT2D eigenvalue weighted by Crippen LogP contribution is -2.38. The maximum atomic E-state index is 11.9. The van der Waals surface area contributed by atoms with E-state index in [4.69, 9.17) is 4.74 Å². The second kappa shape index (κ2) is 6.15. The van der Waals surface area contributed by atoms with Crippen molar-refractivity contribution in [3.05, 3.63) is 53.6 Å². The largest absolute Gasteiger partial charge is 0.457 e. The molecule has 2 saturated carbocycles. The zero-order valence-electron chi connectivity index (χ0n) is 15.2. The van der Waals surface area contributed by atoms with Crippen molar-refractivity contribution in [3.63, 3.8) is 0 Å². The number of para-hydroxylation sites is 1. The van der Waals surface area contributed by atoms with Gasteiger partial charge in [-0.25, -0.2) is 0 Å². The molecule has 0 radical (unpaired) electrons. The van der Waals surface area contributed by atoms with E-state index in [1.54, 1.807) is 0 Å². The molecule has 1 N–H and O–H groups in total. The minimum absolute atomic E-state index is 0.0163. The van der Waals surface area contributed by atoms with Crippen LogP contribution in [0, 0.1) is 11.8 Å². The van der Waals surface area contributed by atoms with Crippen LogP contribution in [0.3, 0.4) is 0 Å². The molecule has 1 aliphatic heterocycles. The predicted molar refractivity (Wildman–Crippen MR) is 103 cm³/mol. The normalized spacial score (nSPS) is 27.3. The summed E-state index contributed by atoms with van der Waals surface area (Å²) in [7, 11) is 0. The molecule has 0 spiro atoms. The van der Waals surface area contributed by atoms with E-state index in [1.165, 1.54) is 43.1 Å². The van der Waals surface area contributed by atoms with Gasteiger partial charge in [-0.2, -0.15) is 0 Å². The second-order valence-electron chi connectivity index (χ2n) is 8.14. The lowest BCUT2D eigenvalue weighted by Gasteiger charge is -2.38. The quantitative estimate of drug-likeness (QED) is 0.728. The van der Waals surface area contributed by atoms with Crippen LogP contribution in [0.15, 0.2) is 42.5 Å². The SMILES string of the molecule is C[C@@H]1Nc2ccc(C3CC3)c(Oc3ccccc3)c2C(C2CC2)C1C=O. The lowest BCUT2D eigenvalue weighted by molar-refractivity contribution is -0.112. The number of aldehydes is 1. The molecular weight excluding hydrogens is 322 g/mol. The first kappa shape index (κ1) is 15.9. The van der Waals surface area contributed by atoms with E-state index in [2.05, 4.69) is 24.4 Å². The van der Waals surface area contributed by atoms with Crippen LogP contribution in [0.5, 0.6) is 11.5 Å². The highest BCUT2D eigenvalue weighted by Gasteiger charge is 2.46. The van der Waals surface area contributed by atoms with Crippen molar-refractivity contribution in [1.29, 1.82) is 0 Å². The highest BCUT2D eigenvalue weighted by atomic mass is 16.5. The van der Waals surface area contributed by atoms with E-state index in [-0.39, 0.29) is 17.9 Å². The van der Waals surface area contributed by atoms with E-state index in [9.17, 15) is 4.79 Å². The molecule has 2 aromatic rings. The molecule has 2 aliphatic carbocycles. The summed E-state index contributed by atoms with van der Waals surface area (Å²) in [5.74, 6) is 3.39. The Kier molecular flexibility index (Phi) is 3.77. The zero-order valence-corrected chi connectivity index (χ0v) is 15.2. The van der Waals surface area contributed by atoms with Crippen LogP contribution < -0.4 is 10.1 Å². The summed E-state index contributed by atoms with van der Waals surface area (Å²) in [6, 6.07) is 14.7. The average molecular weight is 347 g/mol. The Morgan fingerprint density at radius 3 is 2.46 bits per heavy atom. The predicted octanol–water partition coefficient (Wildman–Crippen LogP) is 5.48. The Labute approximate surface area is 154 Å². The summed E-state index contributed by atoms with van der Waals surface area (Å²) in [6.07, 6.45) is 6.08. The molecule has 0 aromatic heterocycles. The summed E-state index contributed by atoms with van der Waals surface area (Å²) in [5, 5.41) is 3.57. The zero-order chi connectivity index (χ0) is 17.7. The monoisotopic (exact) mass is 347 g/mol. The second-order valence-corrected chi connectivity index (χ2v) is 8.14. The molecule has 0 amide bonds. The number of hydrogen-bond acceptors (Lipinski definition) is 3. The van der Waals surface area contributed by atoms with E-state index in [0.717, 1.165) is 17.2 Å². The first-order chi connectivity index (χ1) is 12.8. The highest BCUT2D eigenvalue weighted by Crippen LogP contribution is 2.57. The van der Waals surface area contributed by atoms with Crippen molar-refractivity contribution in [1.82, 2.24) is 0 Å². The molecule has 0 bridgehead atoms. The van der Waals surface area contributed by atoms with Crippen LogP contribution in [-0.4, -0.2) is 12.3 Å².